The molecule has 1 aliphatic rings. The van der Waals surface area contributed by atoms with E-state index in [1.807, 2.05) is 52.4 Å². The summed E-state index contributed by atoms with van der Waals surface area (Å²) in [5, 5.41) is 4.00. The van der Waals surface area contributed by atoms with Crippen LogP contribution in [0.3, 0.4) is 0 Å². The van der Waals surface area contributed by atoms with Crippen molar-refractivity contribution in [1.82, 2.24) is 24.4 Å². The molecule has 0 saturated carbocycles. The first kappa shape index (κ1) is 20.2. The molecule has 0 atom stereocenters. The molecule has 0 aliphatic carbocycles. The number of aromatic nitrogens is 4. The molecule has 1 amide bonds. The molecule has 0 bridgehead atoms. The van der Waals surface area contributed by atoms with Gasteiger partial charge in [0.05, 0.1) is 18.7 Å². The molecule has 7 nitrogen and oxygen atoms in total. The average Bonchev–Trinajstić information content (AvgIpc) is 3.42. The van der Waals surface area contributed by atoms with Crippen LogP contribution in [0.1, 0.15) is 16.1 Å². The molecular weight excluding hydrogens is 430 g/mol. The van der Waals surface area contributed by atoms with Gasteiger partial charge in [-0.2, -0.15) is 0 Å². The van der Waals surface area contributed by atoms with Gasteiger partial charge in [-0.3, -0.25) is 9.36 Å². The number of carbonyl (C=O) groups excluding carboxylic acids is 1. The van der Waals surface area contributed by atoms with Crippen LogP contribution in [0.4, 0.5) is 0 Å². The summed E-state index contributed by atoms with van der Waals surface area (Å²) in [4.78, 5) is 29.6. The summed E-state index contributed by atoms with van der Waals surface area (Å²) in [5.41, 5.74) is 3.46. The Morgan fingerprint density at radius 3 is 2.65 bits per heavy atom. The second kappa shape index (κ2) is 8.41. The molecule has 3 aromatic heterocycles. The van der Waals surface area contributed by atoms with Crippen LogP contribution in [0.2, 0.25) is 0 Å². The molecule has 1 saturated heterocycles. The van der Waals surface area contributed by atoms with E-state index < -0.39 is 0 Å². The van der Waals surface area contributed by atoms with Gasteiger partial charge < -0.3 is 9.64 Å². The van der Waals surface area contributed by atoms with Crippen molar-refractivity contribution in [2.24, 2.45) is 0 Å². The minimum Gasteiger partial charge on any atom is -0.378 e. The molecule has 1 aliphatic heterocycles. The Bertz CT molecular complexity index is 1240. The maximum absolute atomic E-state index is 13.0. The Labute approximate surface area is 188 Å². The van der Waals surface area contributed by atoms with Crippen molar-refractivity contribution >= 4 is 39.9 Å². The standard InChI is InChI=1S/C22H21N5O2S2/c1-14-13-31-20(25-14)16-10-23-22(24-11-16)27-12-19(30-2)17-4-3-15(9-18(17)27)21(28)26-5-7-29-8-6-26/h3-4,9-13H,5-8H2,1-2H3. The van der Waals surface area contributed by atoms with Gasteiger partial charge in [0.2, 0.25) is 5.95 Å². The van der Waals surface area contributed by atoms with E-state index in [1.54, 1.807) is 35.5 Å². The number of morpholine rings is 1. The average molecular weight is 452 g/mol. The summed E-state index contributed by atoms with van der Waals surface area (Å²) in [6.07, 6.45) is 7.67. The minimum absolute atomic E-state index is 0.0269. The first-order chi connectivity index (χ1) is 15.1. The molecule has 4 heterocycles. The summed E-state index contributed by atoms with van der Waals surface area (Å²) >= 11 is 3.24. The minimum atomic E-state index is 0.0269. The Kier molecular flexibility index (Phi) is 5.47. The lowest BCUT2D eigenvalue weighted by Gasteiger charge is -2.26. The number of benzene rings is 1. The van der Waals surface area contributed by atoms with Crippen molar-refractivity contribution < 1.29 is 9.53 Å². The Balaban J connectivity index is 1.53. The highest BCUT2D eigenvalue weighted by Crippen LogP contribution is 2.31. The monoisotopic (exact) mass is 451 g/mol. The molecule has 1 fully saturated rings. The van der Waals surface area contributed by atoms with Gasteiger partial charge in [-0.25, -0.2) is 15.0 Å². The molecule has 0 radical (unpaired) electrons. The predicted molar refractivity (Wildman–Crippen MR) is 123 cm³/mol. The number of hydrogen-bond donors (Lipinski definition) is 0. The van der Waals surface area contributed by atoms with Crippen molar-refractivity contribution in [2.75, 3.05) is 32.6 Å². The third-order valence-electron chi connectivity index (χ3n) is 5.25. The van der Waals surface area contributed by atoms with Crippen molar-refractivity contribution in [3.8, 4) is 16.5 Å². The first-order valence-corrected chi connectivity index (χ1v) is 12.1. The van der Waals surface area contributed by atoms with Gasteiger partial charge in [-0.1, -0.05) is 6.07 Å². The fraction of sp³-hybridized carbons (Fsp3) is 0.273. The highest BCUT2D eigenvalue weighted by Gasteiger charge is 2.20. The number of ether oxygens (including phenoxy) is 1. The van der Waals surface area contributed by atoms with Crippen LogP contribution in [0, 0.1) is 6.92 Å². The number of nitrogens with zero attached hydrogens (tertiary/aromatic N) is 5. The molecular formula is C22H21N5O2S2. The molecule has 0 spiro atoms. The first-order valence-electron chi connectivity index (χ1n) is 9.95. The largest absolute Gasteiger partial charge is 0.378 e. The molecule has 0 N–H and O–H groups in total. The third kappa shape index (κ3) is 3.84. The molecule has 1 aromatic carbocycles. The predicted octanol–water partition coefficient (Wildman–Crippen LogP) is 4.05. The molecule has 9 heteroatoms. The summed E-state index contributed by atoms with van der Waals surface area (Å²) in [7, 11) is 0. The van der Waals surface area contributed by atoms with Crippen LogP contribution >= 0.6 is 23.1 Å². The van der Waals surface area contributed by atoms with Crippen molar-refractivity contribution in [3.05, 3.63) is 53.4 Å². The number of thiazole rings is 1. The maximum atomic E-state index is 13.0. The van der Waals surface area contributed by atoms with Gasteiger partial charge in [-0.15, -0.1) is 23.1 Å². The van der Waals surface area contributed by atoms with Crippen LogP contribution < -0.4 is 0 Å². The normalized spacial score (nSPS) is 14.3. The zero-order chi connectivity index (χ0) is 21.4. The lowest BCUT2D eigenvalue weighted by atomic mass is 10.1. The van der Waals surface area contributed by atoms with Gasteiger partial charge in [0.1, 0.15) is 5.01 Å². The molecule has 158 valence electrons. The Hall–Kier alpha value is -2.75. The van der Waals surface area contributed by atoms with Crippen LogP contribution in [0.5, 0.6) is 0 Å². The van der Waals surface area contributed by atoms with Crippen molar-refractivity contribution in [2.45, 2.75) is 11.8 Å². The van der Waals surface area contributed by atoms with Gasteiger partial charge in [0.15, 0.2) is 0 Å². The van der Waals surface area contributed by atoms with Crippen LogP contribution in [-0.4, -0.2) is 62.9 Å². The number of aryl methyl sites for hydroxylation is 1. The van der Waals surface area contributed by atoms with E-state index in [0.29, 0.717) is 37.8 Å². The number of thioether (sulfide) groups is 1. The van der Waals surface area contributed by atoms with E-state index in [1.165, 1.54) is 0 Å². The van der Waals surface area contributed by atoms with Crippen LogP contribution in [0.15, 0.2) is 47.1 Å². The third-order valence-corrected chi connectivity index (χ3v) is 7.03. The van der Waals surface area contributed by atoms with E-state index in [2.05, 4.69) is 15.0 Å². The number of carbonyl (C=O) groups is 1. The van der Waals surface area contributed by atoms with Gasteiger partial charge in [0.25, 0.3) is 5.91 Å². The van der Waals surface area contributed by atoms with E-state index in [0.717, 1.165) is 32.1 Å². The molecule has 0 unspecified atom stereocenters. The highest BCUT2D eigenvalue weighted by molar-refractivity contribution is 7.98. The molecule has 31 heavy (non-hydrogen) atoms. The SMILES string of the molecule is CSc1cn(-c2ncc(-c3nc(C)cs3)cn2)c2cc(C(=O)N3CCOCC3)ccc12. The Morgan fingerprint density at radius 2 is 1.97 bits per heavy atom. The number of fused-ring (bicyclic) bond motifs is 1. The van der Waals surface area contributed by atoms with Gasteiger partial charge in [0, 0.05) is 64.2 Å². The molecule has 5 rings (SSSR count). The quantitative estimate of drug-likeness (QED) is 0.436. The highest BCUT2D eigenvalue weighted by atomic mass is 32.2. The van der Waals surface area contributed by atoms with Crippen LogP contribution in [-0.2, 0) is 4.74 Å². The summed E-state index contributed by atoms with van der Waals surface area (Å²) in [6.45, 7) is 4.38. The van der Waals surface area contributed by atoms with Gasteiger partial charge in [-0.05, 0) is 25.3 Å². The second-order valence-electron chi connectivity index (χ2n) is 7.27. The van der Waals surface area contributed by atoms with Crippen LogP contribution in [0.25, 0.3) is 27.4 Å². The van der Waals surface area contributed by atoms with Gasteiger partial charge >= 0.3 is 0 Å². The topological polar surface area (TPSA) is 73.1 Å². The fourth-order valence-electron chi connectivity index (χ4n) is 3.65. The van der Waals surface area contributed by atoms with E-state index in [-0.39, 0.29) is 5.91 Å². The van der Waals surface area contributed by atoms with E-state index in [4.69, 9.17) is 4.74 Å². The lowest BCUT2D eigenvalue weighted by Crippen LogP contribution is -2.40. The number of amides is 1. The smallest absolute Gasteiger partial charge is 0.254 e. The Morgan fingerprint density at radius 1 is 1.19 bits per heavy atom. The summed E-state index contributed by atoms with van der Waals surface area (Å²) < 4.78 is 7.33. The molecule has 4 aromatic rings. The maximum Gasteiger partial charge on any atom is 0.254 e. The fourth-order valence-corrected chi connectivity index (χ4v) is 5.02. The van der Waals surface area contributed by atoms with Crippen molar-refractivity contribution in [1.29, 1.82) is 0 Å². The number of rotatable bonds is 4. The second-order valence-corrected chi connectivity index (χ2v) is 8.98. The van der Waals surface area contributed by atoms with E-state index in [9.17, 15) is 4.79 Å². The zero-order valence-electron chi connectivity index (χ0n) is 17.2. The number of hydrogen-bond acceptors (Lipinski definition) is 7. The van der Waals surface area contributed by atoms with Crippen molar-refractivity contribution in [3.63, 3.8) is 0 Å². The summed E-state index contributed by atoms with van der Waals surface area (Å²) in [5.74, 6) is 0.595. The zero-order valence-corrected chi connectivity index (χ0v) is 18.9. The van der Waals surface area contributed by atoms with E-state index >= 15 is 0 Å². The summed E-state index contributed by atoms with van der Waals surface area (Å²) in [6, 6.07) is 5.85. The lowest BCUT2D eigenvalue weighted by molar-refractivity contribution is 0.0303.